The zero-order valence-corrected chi connectivity index (χ0v) is 20.2. The number of carbonyl (C=O) groups is 1. The fourth-order valence-electron chi connectivity index (χ4n) is 5.77. The predicted molar refractivity (Wildman–Crippen MR) is 128 cm³/mol. The zero-order valence-electron chi connectivity index (χ0n) is 19.3. The molecule has 1 heterocycles. The van der Waals surface area contributed by atoms with Gasteiger partial charge in [0.25, 0.3) is 10.0 Å². The standard InChI is InChI=1S/C26H32N2O3S/c1-18(2)17-26-16-8-9-21(25(29)27(4)5)24(26)28(23-11-7-6-10-22(23)26)32(30,31)20-14-12-19(3)13-15-20/h6-7,10-15,21,24H,1,8-9,16-17H2,2-5H3/t21-,24+,26-/m1/s1. The highest BCUT2D eigenvalue weighted by Crippen LogP contribution is 2.58. The molecule has 5 nitrogen and oxygen atoms in total. The van der Waals surface area contributed by atoms with Crippen molar-refractivity contribution in [2.45, 2.75) is 55.9 Å². The topological polar surface area (TPSA) is 57.7 Å². The summed E-state index contributed by atoms with van der Waals surface area (Å²) in [4.78, 5) is 15.2. The van der Waals surface area contributed by atoms with Crippen molar-refractivity contribution in [2.75, 3.05) is 18.4 Å². The summed E-state index contributed by atoms with van der Waals surface area (Å²) in [6.07, 6.45) is 3.04. The molecule has 0 radical (unpaired) electrons. The average Bonchev–Trinajstić information content (AvgIpc) is 3.03. The van der Waals surface area contributed by atoms with E-state index in [0.29, 0.717) is 18.5 Å². The molecule has 0 saturated heterocycles. The summed E-state index contributed by atoms with van der Waals surface area (Å²) >= 11 is 0. The first-order valence-electron chi connectivity index (χ1n) is 11.2. The molecule has 1 aliphatic carbocycles. The molecule has 0 bridgehead atoms. The van der Waals surface area contributed by atoms with Crippen molar-refractivity contribution < 1.29 is 13.2 Å². The predicted octanol–water partition coefficient (Wildman–Crippen LogP) is 4.66. The second-order valence-corrected chi connectivity index (χ2v) is 11.4. The van der Waals surface area contributed by atoms with Crippen molar-refractivity contribution in [1.82, 2.24) is 4.90 Å². The van der Waals surface area contributed by atoms with Gasteiger partial charge >= 0.3 is 0 Å². The van der Waals surface area contributed by atoms with Gasteiger partial charge in [-0.25, -0.2) is 8.42 Å². The van der Waals surface area contributed by atoms with Gasteiger partial charge in [-0.3, -0.25) is 9.10 Å². The second-order valence-electron chi connectivity index (χ2n) is 9.60. The number of amides is 1. The van der Waals surface area contributed by atoms with E-state index in [1.54, 1.807) is 35.4 Å². The normalized spacial score (nSPS) is 24.6. The largest absolute Gasteiger partial charge is 0.349 e. The number of benzene rings is 2. The summed E-state index contributed by atoms with van der Waals surface area (Å²) in [5, 5.41) is 0. The molecule has 1 aliphatic heterocycles. The van der Waals surface area contributed by atoms with E-state index in [-0.39, 0.29) is 10.8 Å². The van der Waals surface area contributed by atoms with Crippen molar-refractivity contribution in [2.24, 2.45) is 5.92 Å². The van der Waals surface area contributed by atoms with Gasteiger partial charge in [-0.2, -0.15) is 0 Å². The van der Waals surface area contributed by atoms with Gasteiger partial charge in [-0.15, -0.1) is 6.58 Å². The van der Waals surface area contributed by atoms with Gasteiger partial charge in [0.05, 0.1) is 22.5 Å². The van der Waals surface area contributed by atoms with Crippen LogP contribution in [0.25, 0.3) is 0 Å². The highest BCUT2D eigenvalue weighted by Gasteiger charge is 2.60. The molecule has 3 atom stereocenters. The number of allylic oxidation sites excluding steroid dienone is 1. The molecule has 0 aromatic heterocycles. The molecule has 0 spiro atoms. The number of hydrogen-bond donors (Lipinski definition) is 0. The van der Waals surface area contributed by atoms with Crippen LogP contribution in [-0.4, -0.2) is 39.4 Å². The summed E-state index contributed by atoms with van der Waals surface area (Å²) in [5.74, 6) is -0.427. The van der Waals surface area contributed by atoms with Gasteiger partial charge in [0.1, 0.15) is 0 Å². The summed E-state index contributed by atoms with van der Waals surface area (Å²) in [6, 6.07) is 14.3. The minimum absolute atomic E-state index is 0.0160. The monoisotopic (exact) mass is 452 g/mol. The molecule has 0 N–H and O–H groups in total. The zero-order chi connectivity index (χ0) is 23.3. The molecule has 2 aromatic carbocycles. The van der Waals surface area contributed by atoms with E-state index in [9.17, 15) is 13.2 Å². The lowest BCUT2D eigenvalue weighted by Crippen LogP contribution is -2.57. The molecule has 1 fully saturated rings. The van der Waals surface area contributed by atoms with Crippen LogP contribution in [0.5, 0.6) is 0 Å². The second kappa shape index (κ2) is 8.07. The van der Waals surface area contributed by atoms with E-state index < -0.39 is 27.4 Å². The van der Waals surface area contributed by atoms with E-state index in [2.05, 4.69) is 6.58 Å². The molecule has 0 unspecified atom stereocenters. The minimum Gasteiger partial charge on any atom is -0.349 e. The lowest BCUT2D eigenvalue weighted by Gasteiger charge is -2.47. The molecule has 1 saturated carbocycles. The molecule has 2 aromatic rings. The maximum Gasteiger partial charge on any atom is 0.264 e. The number of fused-ring (bicyclic) bond motifs is 3. The number of hydrogen-bond acceptors (Lipinski definition) is 3. The van der Waals surface area contributed by atoms with Crippen molar-refractivity contribution in [3.05, 3.63) is 71.8 Å². The van der Waals surface area contributed by atoms with Crippen LogP contribution in [0.1, 0.15) is 43.7 Å². The first kappa shape index (κ1) is 22.6. The van der Waals surface area contributed by atoms with Crippen LogP contribution in [-0.2, 0) is 20.2 Å². The van der Waals surface area contributed by atoms with E-state index in [0.717, 1.165) is 29.5 Å². The summed E-state index contributed by atoms with van der Waals surface area (Å²) in [6.45, 7) is 8.10. The third-order valence-corrected chi connectivity index (χ3v) is 8.78. The maximum atomic E-state index is 14.1. The molecule has 170 valence electrons. The number of anilines is 1. The lowest BCUT2D eigenvalue weighted by atomic mass is 9.61. The van der Waals surface area contributed by atoms with E-state index >= 15 is 0 Å². The van der Waals surface area contributed by atoms with Gasteiger partial charge in [0, 0.05) is 19.5 Å². The van der Waals surface area contributed by atoms with Crippen LogP contribution in [0.3, 0.4) is 0 Å². The third-order valence-electron chi connectivity index (χ3n) is 6.97. The molecular weight excluding hydrogens is 420 g/mol. The van der Waals surface area contributed by atoms with Crippen LogP contribution in [0, 0.1) is 12.8 Å². The molecule has 32 heavy (non-hydrogen) atoms. The Morgan fingerprint density at radius 2 is 1.81 bits per heavy atom. The summed E-state index contributed by atoms with van der Waals surface area (Å²) in [7, 11) is -0.376. The van der Waals surface area contributed by atoms with Crippen molar-refractivity contribution in [3.8, 4) is 0 Å². The quantitative estimate of drug-likeness (QED) is 0.620. The molecule has 4 rings (SSSR count). The van der Waals surface area contributed by atoms with E-state index in [1.807, 2.05) is 50.2 Å². The number of para-hydroxylation sites is 1. The number of aryl methyl sites for hydroxylation is 1. The van der Waals surface area contributed by atoms with Crippen molar-refractivity contribution in [3.63, 3.8) is 0 Å². The van der Waals surface area contributed by atoms with Crippen LogP contribution >= 0.6 is 0 Å². The average molecular weight is 453 g/mol. The van der Waals surface area contributed by atoms with Crippen LogP contribution in [0.15, 0.2) is 65.6 Å². The number of sulfonamides is 1. The Bertz CT molecular complexity index is 1150. The first-order chi connectivity index (χ1) is 15.1. The smallest absolute Gasteiger partial charge is 0.264 e. The number of nitrogens with zero attached hydrogens (tertiary/aromatic N) is 2. The molecular formula is C26H32N2O3S. The van der Waals surface area contributed by atoms with Gasteiger partial charge in [0.15, 0.2) is 0 Å². The Balaban J connectivity index is 1.98. The van der Waals surface area contributed by atoms with Gasteiger partial charge in [0.2, 0.25) is 5.91 Å². The number of carbonyl (C=O) groups excluding carboxylic acids is 1. The lowest BCUT2D eigenvalue weighted by molar-refractivity contribution is -0.135. The van der Waals surface area contributed by atoms with Gasteiger partial charge < -0.3 is 4.90 Å². The van der Waals surface area contributed by atoms with Gasteiger partial charge in [-0.1, -0.05) is 47.9 Å². The van der Waals surface area contributed by atoms with Crippen molar-refractivity contribution in [1.29, 1.82) is 0 Å². The minimum atomic E-state index is -3.87. The first-order valence-corrected chi connectivity index (χ1v) is 12.6. The molecule has 1 amide bonds. The van der Waals surface area contributed by atoms with E-state index in [4.69, 9.17) is 0 Å². The number of rotatable bonds is 5. The fourth-order valence-corrected chi connectivity index (χ4v) is 7.54. The highest BCUT2D eigenvalue weighted by atomic mass is 32.2. The molecule has 2 aliphatic rings. The maximum absolute atomic E-state index is 14.1. The molecule has 6 heteroatoms. The van der Waals surface area contributed by atoms with Crippen LogP contribution in [0.2, 0.25) is 0 Å². The Morgan fingerprint density at radius 1 is 1.16 bits per heavy atom. The van der Waals surface area contributed by atoms with E-state index in [1.165, 1.54) is 0 Å². The SMILES string of the molecule is C=C(C)C[C@@]12CCC[C@@H](C(=O)N(C)C)[C@@H]1N(S(=O)(=O)c1ccc(C)cc1)c1ccccc12. The summed E-state index contributed by atoms with van der Waals surface area (Å²) in [5.41, 5.74) is 3.24. The van der Waals surface area contributed by atoms with Gasteiger partial charge in [-0.05, 0) is 56.9 Å². The highest BCUT2D eigenvalue weighted by molar-refractivity contribution is 7.92. The Morgan fingerprint density at radius 3 is 2.44 bits per heavy atom. The Labute approximate surface area is 191 Å². The van der Waals surface area contributed by atoms with Crippen molar-refractivity contribution >= 4 is 21.6 Å². The van der Waals surface area contributed by atoms with Crippen LogP contribution in [0.4, 0.5) is 5.69 Å². The van der Waals surface area contributed by atoms with Crippen LogP contribution < -0.4 is 4.31 Å². The Hall–Kier alpha value is -2.60. The summed E-state index contributed by atoms with van der Waals surface area (Å²) < 4.78 is 29.8. The fraction of sp³-hybridized carbons (Fsp3) is 0.423. The Kier molecular flexibility index (Phi) is 5.70. The third kappa shape index (κ3) is 3.45.